The molecule has 6 amide bonds. The van der Waals surface area contributed by atoms with Crippen molar-refractivity contribution in [3.63, 3.8) is 0 Å². The third kappa shape index (κ3) is 23.8. The lowest BCUT2D eigenvalue weighted by atomic mass is 9.89. The first-order chi connectivity index (χ1) is 36.1. The maximum Gasteiger partial charge on any atom is 0.243 e. The van der Waals surface area contributed by atoms with Crippen LogP contribution in [-0.4, -0.2) is 149 Å². The average molecular weight is 1070 g/mol. The maximum atomic E-state index is 14.4. The summed E-state index contributed by atoms with van der Waals surface area (Å²) in [6, 6.07) is 2.06. The summed E-state index contributed by atoms with van der Waals surface area (Å²) < 4.78 is 0. The summed E-state index contributed by atoms with van der Waals surface area (Å²) in [5, 5.41) is 47.5. The summed E-state index contributed by atoms with van der Waals surface area (Å²) in [6.45, 7) is 6.77. The van der Waals surface area contributed by atoms with E-state index in [4.69, 9.17) is 17.2 Å². The molecule has 1 aliphatic rings. The van der Waals surface area contributed by atoms with Crippen molar-refractivity contribution < 1.29 is 63.3 Å². The highest BCUT2D eigenvalue weighted by atomic mass is 16.3. The van der Waals surface area contributed by atoms with E-state index in [1.165, 1.54) is 13.8 Å². The van der Waals surface area contributed by atoms with Gasteiger partial charge in [-0.05, 0) is 89.9 Å². The van der Waals surface area contributed by atoms with Gasteiger partial charge in [-0.3, -0.25) is 47.9 Å². The van der Waals surface area contributed by atoms with Gasteiger partial charge in [0.25, 0.3) is 0 Å². The highest BCUT2D eigenvalue weighted by Gasteiger charge is 2.37. The van der Waals surface area contributed by atoms with Crippen LogP contribution in [0.15, 0.2) is 30.3 Å². The van der Waals surface area contributed by atoms with Crippen molar-refractivity contribution in [1.82, 2.24) is 31.9 Å². The Kier molecular flexibility index (Phi) is 31.3. The summed E-state index contributed by atoms with van der Waals surface area (Å²) in [4.78, 5) is 139. The van der Waals surface area contributed by atoms with Crippen molar-refractivity contribution in [2.24, 2.45) is 46.8 Å². The molecule has 0 aromatic heterocycles. The van der Waals surface area contributed by atoms with Gasteiger partial charge in [0.15, 0.2) is 17.3 Å². The molecule has 2 rings (SSSR count). The van der Waals surface area contributed by atoms with E-state index in [1.54, 1.807) is 30.3 Å². The van der Waals surface area contributed by atoms with Gasteiger partial charge in [-0.25, -0.2) is 0 Å². The molecule has 0 bridgehead atoms. The number of carbonyl (C=O) groups excluding carboxylic acids is 10. The Morgan fingerprint density at radius 1 is 0.684 bits per heavy atom. The minimum absolute atomic E-state index is 0.0220. The standard InChI is InChI=1S/C54H89N9O13/c1-6-7-8-9-13-16-38(67)29-39(33(4)65)52(74)63-45(31-64)47(69)27-36-20-24-58-51(73)40(34(5)66)30-48(70)42(18-22-56)60-53(75)43(19-23-57)61-54(76)44(25-32(2)3)62-50(72)37(26-35-14-11-10-12-15-35)28-46(68)41(17-21-55)59-49(36)71/h10-12,14-15,32-34,36-37,39-45,64-66H,6-9,13,16-31,55-57H2,1-5H3,(H,58,73)(H,59,71)(H,60,75)(H,61,76)(H,62,72)(H,63,74)/t33?,34?,36-,37+,39+,40+,41+,42+,43+,44+,45-/m1/s1. The number of hydrogen-bond acceptors (Lipinski definition) is 16. The van der Waals surface area contributed by atoms with Crippen molar-refractivity contribution in [2.45, 2.75) is 180 Å². The first-order valence-electron chi connectivity index (χ1n) is 27.1. The zero-order valence-electron chi connectivity index (χ0n) is 45.3. The van der Waals surface area contributed by atoms with Gasteiger partial charge in [-0.2, -0.15) is 0 Å². The van der Waals surface area contributed by atoms with Crippen LogP contribution in [0.4, 0.5) is 0 Å². The van der Waals surface area contributed by atoms with Crippen molar-refractivity contribution in [1.29, 1.82) is 0 Å². The van der Waals surface area contributed by atoms with Crippen LogP contribution < -0.4 is 49.1 Å². The number of nitrogens with two attached hydrogens (primary N) is 3. The molecule has 0 spiro atoms. The minimum Gasteiger partial charge on any atom is -0.394 e. The number of nitrogens with one attached hydrogen (secondary N) is 6. The SMILES string of the molecule is CCCCCCCC(=O)C[C@H](C(=O)N[C@H](CO)C(=O)C[C@H]1CCNC(=O)[C@H](C(C)O)CC(=O)[C@H](CCN)NC(=O)[C@H](CCN)NC(=O)[C@H](CC(C)C)NC(=O)[C@@H](Cc2ccccc2)CC(=O)[C@H](CCN)NC1=O)C(C)O. The Hall–Kier alpha value is -5.52. The molecule has 1 aromatic rings. The molecule has 1 saturated heterocycles. The number of unbranched alkanes of at least 4 members (excludes halogenated alkanes) is 4. The lowest BCUT2D eigenvalue weighted by molar-refractivity contribution is -0.137. The molecule has 1 aromatic carbocycles. The molecule has 0 saturated carbocycles. The van der Waals surface area contributed by atoms with Gasteiger partial charge in [-0.15, -0.1) is 0 Å². The predicted octanol–water partition coefficient (Wildman–Crippen LogP) is -0.319. The molecular formula is C54H89N9O13. The largest absolute Gasteiger partial charge is 0.394 e. The number of rotatable bonds is 26. The van der Waals surface area contributed by atoms with Crippen LogP contribution in [0.1, 0.15) is 136 Å². The summed E-state index contributed by atoms with van der Waals surface area (Å²) in [7, 11) is 0. The van der Waals surface area contributed by atoms with E-state index in [2.05, 4.69) is 38.8 Å². The third-order valence-electron chi connectivity index (χ3n) is 13.7. The number of hydrogen-bond donors (Lipinski definition) is 12. The van der Waals surface area contributed by atoms with Crippen LogP contribution in [0.2, 0.25) is 0 Å². The lowest BCUT2D eigenvalue weighted by Gasteiger charge is -2.27. The Morgan fingerprint density at radius 2 is 1.22 bits per heavy atom. The maximum absolute atomic E-state index is 14.4. The normalized spacial score (nSPS) is 23.7. The molecule has 1 aliphatic heterocycles. The smallest absolute Gasteiger partial charge is 0.243 e. The first kappa shape index (κ1) is 66.6. The van der Waals surface area contributed by atoms with E-state index in [0.29, 0.717) is 12.0 Å². The highest BCUT2D eigenvalue weighted by Crippen LogP contribution is 2.21. The number of carbonyl (C=O) groups is 10. The van der Waals surface area contributed by atoms with E-state index >= 15 is 0 Å². The summed E-state index contributed by atoms with van der Waals surface area (Å²) in [6.07, 6.45) is -0.589. The summed E-state index contributed by atoms with van der Waals surface area (Å²) >= 11 is 0. The van der Waals surface area contributed by atoms with Crippen LogP contribution in [0.5, 0.6) is 0 Å². The zero-order valence-corrected chi connectivity index (χ0v) is 45.3. The fourth-order valence-corrected chi connectivity index (χ4v) is 9.08. The van der Waals surface area contributed by atoms with Gasteiger partial charge >= 0.3 is 0 Å². The number of aliphatic hydroxyl groups excluding tert-OH is 3. The van der Waals surface area contributed by atoms with Crippen LogP contribution in [0.3, 0.4) is 0 Å². The molecule has 1 fully saturated rings. The summed E-state index contributed by atoms with van der Waals surface area (Å²) in [5.74, 6) is -12.5. The van der Waals surface area contributed by atoms with Gasteiger partial charge in [0.1, 0.15) is 23.9 Å². The van der Waals surface area contributed by atoms with Crippen LogP contribution in [-0.2, 0) is 54.4 Å². The number of Topliss-reactive ketones (excluding diaryl/α,β-unsaturated/α-hetero) is 4. The number of benzene rings is 1. The molecule has 15 N–H and O–H groups in total. The molecule has 0 aliphatic carbocycles. The highest BCUT2D eigenvalue weighted by molar-refractivity contribution is 5.98. The second-order valence-electron chi connectivity index (χ2n) is 20.6. The van der Waals surface area contributed by atoms with Crippen molar-refractivity contribution >= 4 is 58.6 Å². The number of aliphatic hydroxyl groups is 3. The fraction of sp³-hybridized carbons (Fsp3) is 0.704. The van der Waals surface area contributed by atoms with Gasteiger partial charge in [0.05, 0.1) is 42.7 Å². The molecule has 76 heavy (non-hydrogen) atoms. The number of ketones is 4. The predicted molar refractivity (Wildman–Crippen MR) is 284 cm³/mol. The zero-order chi connectivity index (χ0) is 56.9. The van der Waals surface area contributed by atoms with Crippen molar-refractivity contribution in [3.05, 3.63) is 35.9 Å². The third-order valence-corrected chi connectivity index (χ3v) is 13.7. The van der Waals surface area contributed by atoms with E-state index in [0.717, 1.165) is 25.7 Å². The Balaban J connectivity index is 2.67. The van der Waals surface area contributed by atoms with E-state index in [-0.39, 0.29) is 89.2 Å². The molecule has 428 valence electrons. The van der Waals surface area contributed by atoms with Crippen LogP contribution in [0.25, 0.3) is 0 Å². The van der Waals surface area contributed by atoms with Gasteiger partial charge in [0, 0.05) is 50.5 Å². The molecule has 22 nitrogen and oxygen atoms in total. The lowest BCUT2D eigenvalue weighted by Crippen LogP contribution is -2.57. The minimum atomic E-state index is -1.61. The molecule has 1 heterocycles. The van der Waals surface area contributed by atoms with Crippen LogP contribution in [0, 0.1) is 29.6 Å². The second kappa shape index (κ2) is 35.7. The Bertz CT molecular complexity index is 2040. The van der Waals surface area contributed by atoms with Gasteiger partial charge < -0.3 is 64.4 Å². The average Bonchev–Trinajstić information content (AvgIpc) is 3.36. The molecule has 22 heteroatoms. The van der Waals surface area contributed by atoms with E-state index in [9.17, 15) is 63.3 Å². The Labute approximate surface area is 447 Å². The molecule has 2 unspecified atom stereocenters. The van der Waals surface area contributed by atoms with Crippen LogP contribution >= 0.6 is 0 Å². The number of amides is 6. The first-order valence-corrected chi connectivity index (χ1v) is 27.1. The molecule has 11 atom stereocenters. The molecule has 0 radical (unpaired) electrons. The monoisotopic (exact) mass is 1070 g/mol. The van der Waals surface area contributed by atoms with Crippen molar-refractivity contribution in [2.75, 3.05) is 32.8 Å². The Morgan fingerprint density at radius 3 is 1.79 bits per heavy atom. The fourth-order valence-electron chi connectivity index (χ4n) is 9.08. The molecular weight excluding hydrogens is 983 g/mol. The summed E-state index contributed by atoms with van der Waals surface area (Å²) in [5.41, 5.74) is 18.4. The topological polar surface area (TPSA) is 382 Å². The second-order valence-corrected chi connectivity index (χ2v) is 20.6. The van der Waals surface area contributed by atoms with Gasteiger partial charge in [0.2, 0.25) is 35.4 Å². The van der Waals surface area contributed by atoms with E-state index < -0.39 is 145 Å². The quantitative estimate of drug-likeness (QED) is 0.0529. The van der Waals surface area contributed by atoms with Gasteiger partial charge in [-0.1, -0.05) is 76.8 Å². The van der Waals surface area contributed by atoms with E-state index in [1.807, 2.05) is 13.8 Å². The van der Waals surface area contributed by atoms with Crippen molar-refractivity contribution in [3.8, 4) is 0 Å².